The monoisotopic (exact) mass is 486 g/mol. The second-order valence-electron chi connectivity index (χ2n) is 7.37. The molecule has 0 saturated carbocycles. The Labute approximate surface area is 197 Å². The number of carbonyl (C=O) groups is 2. The highest BCUT2D eigenvalue weighted by Gasteiger charge is 2.31. The first-order valence-electron chi connectivity index (χ1n) is 10.4. The van der Waals surface area contributed by atoms with Crippen LogP contribution in [0.15, 0.2) is 38.6 Å². The zero-order valence-corrected chi connectivity index (χ0v) is 19.6. The maximum Gasteiger partial charge on any atom is 0.436 e. The Morgan fingerprint density at radius 3 is 2.71 bits per heavy atom. The lowest BCUT2D eigenvalue weighted by molar-refractivity contribution is -0.673. The Balaban J connectivity index is 1.79. The van der Waals surface area contributed by atoms with E-state index in [9.17, 15) is 19.5 Å². The minimum absolute atomic E-state index is 0.0863. The molecule has 1 aromatic carbocycles. The third-order valence-corrected chi connectivity index (χ3v) is 6.46. The molecule has 11 nitrogen and oxygen atoms in total. The van der Waals surface area contributed by atoms with Crippen molar-refractivity contribution in [3.8, 4) is 11.4 Å². The zero-order chi connectivity index (χ0) is 24.4. The van der Waals surface area contributed by atoms with Crippen LogP contribution < -0.4 is 20.2 Å². The van der Waals surface area contributed by atoms with Gasteiger partial charge in [0.05, 0.1) is 31.7 Å². The molecule has 0 saturated heterocycles. The first-order valence-corrected chi connectivity index (χ1v) is 11.3. The van der Waals surface area contributed by atoms with Crippen LogP contribution in [0.3, 0.4) is 0 Å². The van der Waals surface area contributed by atoms with E-state index in [4.69, 9.17) is 14.0 Å². The van der Waals surface area contributed by atoms with Gasteiger partial charge >= 0.3 is 17.3 Å². The predicted molar refractivity (Wildman–Crippen MR) is 119 cm³/mol. The summed E-state index contributed by atoms with van der Waals surface area (Å²) in [5, 5.41) is 15.6. The Hall–Kier alpha value is -3.93. The van der Waals surface area contributed by atoms with Crippen molar-refractivity contribution in [2.45, 2.75) is 26.8 Å². The zero-order valence-electron chi connectivity index (χ0n) is 18.7. The molecule has 0 bridgehead atoms. The summed E-state index contributed by atoms with van der Waals surface area (Å²) in [7, 11) is 1.52. The maximum absolute atomic E-state index is 13.1. The number of methoxy groups -OCH3 is 1. The topological polar surface area (TPSA) is 141 Å². The van der Waals surface area contributed by atoms with Crippen molar-refractivity contribution in [3.05, 3.63) is 56.4 Å². The normalized spacial score (nSPS) is 13.5. The van der Waals surface area contributed by atoms with Crippen LogP contribution in [0.1, 0.15) is 40.3 Å². The van der Waals surface area contributed by atoms with Crippen molar-refractivity contribution in [2.75, 3.05) is 20.3 Å². The molecule has 4 rings (SSSR count). The van der Waals surface area contributed by atoms with Crippen LogP contribution in [0.25, 0.3) is 5.69 Å². The van der Waals surface area contributed by atoms with Crippen molar-refractivity contribution in [2.24, 2.45) is 4.99 Å². The van der Waals surface area contributed by atoms with Crippen LogP contribution in [0.5, 0.6) is 5.75 Å². The number of carbonyl (C=O) groups excluding carboxylic acids is 2. The largest absolute Gasteiger partial charge is 0.854 e. The number of amides is 1. The highest BCUT2D eigenvalue weighted by atomic mass is 32.1. The number of aliphatic imine (C=N–C) groups is 1. The van der Waals surface area contributed by atoms with Crippen LogP contribution in [0, 0.1) is 0 Å². The van der Waals surface area contributed by atoms with Crippen molar-refractivity contribution >= 4 is 34.1 Å². The van der Waals surface area contributed by atoms with Gasteiger partial charge in [-0.25, -0.2) is 14.6 Å². The molecule has 34 heavy (non-hydrogen) atoms. The fraction of sp³-hybridized carbons (Fsp3) is 0.318. The molecule has 3 aromatic rings. The number of nitrogens with zero attached hydrogens (tertiary/aromatic N) is 3. The van der Waals surface area contributed by atoms with Gasteiger partial charge in [0.1, 0.15) is 10.8 Å². The van der Waals surface area contributed by atoms with E-state index in [0.29, 0.717) is 36.5 Å². The highest BCUT2D eigenvalue weighted by Crippen LogP contribution is 2.39. The highest BCUT2D eigenvalue weighted by molar-refractivity contribution is 7.16. The first-order chi connectivity index (χ1) is 16.3. The number of aromatic nitrogens is 2. The second-order valence-corrected chi connectivity index (χ2v) is 8.46. The summed E-state index contributed by atoms with van der Waals surface area (Å²) in [5.41, 5.74) is 0.0624. The number of ether oxygens (including phenoxy) is 2. The molecule has 0 aliphatic carbocycles. The molecule has 0 fully saturated rings. The van der Waals surface area contributed by atoms with Crippen LogP contribution in [-0.4, -0.2) is 48.2 Å². The van der Waals surface area contributed by atoms with Crippen LogP contribution >= 0.6 is 11.3 Å². The summed E-state index contributed by atoms with van der Waals surface area (Å²) in [6.45, 7) is 4.05. The summed E-state index contributed by atoms with van der Waals surface area (Å²) in [6.07, 6.45) is 0.432. The van der Waals surface area contributed by atoms with Gasteiger partial charge in [-0.2, -0.15) is 0 Å². The molecular weight excluding hydrogens is 464 g/mol. The number of esters is 1. The third-order valence-electron chi connectivity index (χ3n) is 5.35. The van der Waals surface area contributed by atoms with Gasteiger partial charge < -0.3 is 19.5 Å². The Kier molecular flexibility index (Phi) is 6.50. The lowest BCUT2D eigenvalue weighted by atomic mass is 10.0. The molecule has 0 atom stereocenters. The van der Waals surface area contributed by atoms with E-state index in [0.717, 1.165) is 16.2 Å². The molecule has 1 N–H and O–H groups in total. The van der Waals surface area contributed by atoms with Crippen LogP contribution in [0.2, 0.25) is 0 Å². The van der Waals surface area contributed by atoms with E-state index in [2.05, 4.69) is 10.3 Å². The summed E-state index contributed by atoms with van der Waals surface area (Å²) < 4.78 is 16.3. The van der Waals surface area contributed by atoms with Gasteiger partial charge in [-0.15, -0.1) is 11.3 Å². The first kappa shape index (κ1) is 23.2. The smallest absolute Gasteiger partial charge is 0.436 e. The molecule has 12 heteroatoms. The lowest BCUT2D eigenvalue weighted by Crippen LogP contribution is -2.44. The second kappa shape index (κ2) is 9.51. The molecule has 0 radical (unpaired) electrons. The number of thiophene rings is 1. The average Bonchev–Trinajstić information content (AvgIpc) is 3.38. The van der Waals surface area contributed by atoms with Gasteiger partial charge in [0, 0.05) is 30.5 Å². The quantitative estimate of drug-likeness (QED) is 0.235. The number of aromatic amines is 1. The number of fused-ring (bicyclic) bond motifs is 1. The molecule has 3 heterocycles. The van der Waals surface area contributed by atoms with E-state index in [1.165, 1.54) is 18.7 Å². The molecule has 2 aromatic heterocycles. The summed E-state index contributed by atoms with van der Waals surface area (Å²) in [5.74, 6) is -0.988. The molecular formula is C22H22N4O7S. The van der Waals surface area contributed by atoms with Gasteiger partial charge in [-0.3, -0.25) is 9.32 Å². The minimum Gasteiger partial charge on any atom is -0.854 e. The molecule has 178 valence electrons. The van der Waals surface area contributed by atoms with Crippen molar-refractivity contribution in [1.82, 2.24) is 10.2 Å². The average molecular weight is 487 g/mol. The fourth-order valence-corrected chi connectivity index (χ4v) is 4.88. The Bertz CT molecular complexity index is 1320. The molecule has 0 spiro atoms. The standard InChI is InChI=1S/C22H22N4O7S/c1-4-32-21(29)17-15-9-10-25(12(2)27)11-16(15)34-20(17)23-19(28)18-22(30)33-24-26(18)13-5-7-14(31-3)8-6-13/h5-8H,4,9-11H2,1-3H3,(H-,23,24,28,29,30). The Morgan fingerprint density at radius 1 is 1.32 bits per heavy atom. The maximum atomic E-state index is 13.1. The van der Waals surface area contributed by atoms with Crippen LogP contribution in [0.4, 0.5) is 5.00 Å². The van der Waals surface area contributed by atoms with Gasteiger partial charge in [0.15, 0.2) is 0 Å². The Morgan fingerprint density at radius 2 is 2.06 bits per heavy atom. The van der Waals surface area contributed by atoms with Gasteiger partial charge in [-0.05, 0) is 41.0 Å². The number of hydrogen-bond donors (Lipinski definition) is 1. The summed E-state index contributed by atoms with van der Waals surface area (Å²) in [4.78, 5) is 43.4. The molecule has 1 aliphatic rings. The lowest BCUT2D eigenvalue weighted by Gasteiger charge is -2.25. The molecule has 0 unspecified atom stereocenters. The third kappa shape index (κ3) is 4.31. The number of benzene rings is 1. The van der Waals surface area contributed by atoms with Gasteiger partial charge in [0.25, 0.3) is 0 Å². The van der Waals surface area contributed by atoms with Crippen LogP contribution in [-0.2, 0) is 22.5 Å². The van der Waals surface area contributed by atoms with Crippen molar-refractivity contribution in [3.63, 3.8) is 0 Å². The minimum atomic E-state index is -0.911. The fourth-order valence-electron chi connectivity index (χ4n) is 3.66. The SMILES string of the molecule is CCOC(=O)c1c(/N=C(\[O-])c2c(=O)o[nH][n+]2-c2ccc(OC)cc2)sc2c1CCN(C(C)=O)C2. The van der Waals surface area contributed by atoms with Crippen molar-refractivity contribution < 1.29 is 33.4 Å². The molecule has 1 amide bonds. The number of rotatable bonds is 6. The molecule has 1 aliphatic heterocycles. The van der Waals surface area contributed by atoms with Crippen molar-refractivity contribution in [1.29, 1.82) is 0 Å². The van der Waals surface area contributed by atoms with Gasteiger partial charge in [0.2, 0.25) is 11.6 Å². The number of nitrogens with one attached hydrogen (secondary N) is 1. The van der Waals surface area contributed by atoms with E-state index in [-0.39, 0.29) is 28.8 Å². The number of hydrogen-bond acceptors (Lipinski definition) is 9. The summed E-state index contributed by atoms with van der Waals surface area (Å²) >= 11 is 1.12. The van der Waals surface area contributed by atoms with E-state index in [1.807, 2.05) is 0 Å². The van der Waals surface area contributed by atoms with E-state index < -0.39 is 17.5 Å². The number of H-pyrrole nitrogens is 1. The summed E-state index contributed by atoms with van der Waals surface area (Å²) in [6, 6.07) is 6.58. The van der Waals surface area contributed by atoms with E-state index in [1.54, 1.807) is 36.1 Å². The van der Waals surface area contributed by atoms with Gasteiger partial charge in [-0.1, -0.05) is 0 Å². The van der Waals surface area contributed by atoms with E-state index >= 15 is 0 Å². The predicted octanol–water partition coefficient (Wildman–Crippen LogP) is 0.835.